The van der Waals surface area contributed by atoms with Gasteiger partial charge in [-0.3, -0.25) is 9.69 Å². The number of aryl methyl sites for hydroxylation is 1. The average molecular weight is 464 g/mol. The second kappa shape index (κ2) is 9.71. The number of thioether (sulfide) groups is 1. The molecule has 0 unspecified atom stereocenters. The summed E-state index contributed by atoms with van der Waals surface area (Å²) in [4.78, 5) is 15.0. The highest BCUT2D eigenvalue weighted by Crippen LogP contribution is 2.36. The molecule has 1 aromatic heterocycles. The molecule has 32 heavy (non-hydrogen) atoms. The van der Waals surface area contributed by atoms with Gasteiger partial charge in [0.2, 0.25) is 0 Å². The fourth-order valence-corrected chi connectivity index (χ4v) is 4.92. The van der Waals surface area contributed by atoms with Crippen molar-refractivity contribution in [3.8, 4) is 22.7 Å². The Morgan fingerprint density at radius 3 is 2.59 bits per heavy atom. The van der Waals surface area contributed by atoms with E-state index >= 15 is 0 Å². The first-order valence-corrected chi connectivity index (χ1v) is 11.9. The lowest BCUT2D eigenvalue weighted by Gasteiger charge is -2.10. The maximum absolute atomic E-state index is 12.8. The first-order chi connectivity index (χ1) is 15.5. The first-order valence-electron chi connectivity index (χ1n) is 10.7. The Kier molecular flexibility index (Phi) is 6.77. The fraction of sp³-hybridized carbons (Fsp3) is 0.240. The van der Waals surface area contributed by atoms with Crippen molar-refractivity contribution >= 4 is 40.3 Å². The van der Waals surface area contributed by atoms with Crippen LogP contribution in [0.3, 0.4) is 0 Å². The van der Waals surface area contributed by atoms with Gasteiger partial charge in [-0.25, -0.2) is 4.68 Å². The number of para-hydroxylation sites is 1. The van der Waals surface area contributed by atoms with Crippen LogP contribution in [0.1, 0.15) is 31.4 Å². The van der Waals surface area contributed by atoms with Gasteiger partial charge in [0.15, 0.2) is 0 Å². The minimum atomic E-state index is -0.0547. The molecule has 3 aromatic rings. The monoisotopic (exact) mass is 463 g/mol. The van der Waals surface area contributed by atoms with Crippen LogP contribution in [-0.2, 0) is 4.79 Å². The number of carbonyl (C=O) groups is 1. The second-order valence-electron chi connectivity index (χ2n) is 7.46. The predicted octanol–water partition coefficient (Wildman–Crippen LogP) is 5.86. The van der Waals surface area contributed by atoms with Crippen LogP contribution in [0.5, 0.6) is 5.75 Å². The van der Waals surface area contributed by atoms with Crippen LogP contribution >= 0.6 is 24.0 Å². The Morgan fingerprint density at radius 1 is 1.16 bits per heavy atom. The third kappa shape index (κ3) is 4.49. The minimum absolute atomic E-state index is 0.0547. The Morgan fingerprint density at radius 2 is 1.94 bits per heavy atom. The maximum Gasteiger partial charge on any atom is 0.266 e. The van der Waals surface area contributed by atoms with Crippen molar-refractivity contribution < 1.29 is 9.53 Å². The van der Waals surface area contributed by atoms with E-state index in [0.29, 0.717) is 22.4 Å². The van der Waals surface area contributed by atoms with E-state index in [1.807, 2.05) is 72.4 Å². The highest BCUT2D eigenvalue weighted by atomic mass is 32.2. The van der Waals surface area contributed by atoms with Crippen LogP contribution in [0.4, 0.5) is 0 Å². The first kappa shape index (κ1) is 22.3. The van der Waals surface area contributed by atoms with Gasteiger partial charge in [-0.1, -0.05) is 49.1 Å². The number of carbonyl (C=O) groups excluding carboxylic acids is 1. The summed E-state index contributed by atoms with van der Waals surface area (Å²) in [6.07, 6.45) is 4.82. The molecule has 2 heterocycles. The Bertz CT molecular complexity index is 1190. The third-order valence-electron chi connectivity index (χ3n) is 5.17. The summed E-state index contributed by atoms with van der Waals surface area (Å²) in [6.45, 7) is 7.32. The van der Waals surface area contributed by atoms with Gasteiger partial charge in [0.05, 0.1) is 17.2 Å². The molecule has 2 aromatic carbocycles. The minimum Gasteiger partial charge on any atom is -0.494 e. The van der Waals surface area contributed by atoms with Crippen molar-refractivity contribution in [2.24, 2.45) is 0 Å². The largest absolute Gasteiger partial charge is 0.494 e. The molecule has 0 saturated carbocycles. The predicted molar refractivity (Wildman–Crippen MR) is 135 cm³/mol. The van der Waals surface area contributed by atoms with Crippen molar-refractivity contribution in [1.29, 1.82) is 0 Å². The van der Waals surface area contributed by atoms with Crippen molar-refractivity contribution in [2.45, 2.75) is 27.2 Å². The number of ether oxygens (including phenoxy) is 1. The number of nitrogens with zero attached hydrogens (tertiary/aromatic N) is 3. The molecule has 0 N–H and O–H groups in total. The standard InChI is InChI=1S/C25H25N3O2S2/c1-4-13-30-20-11-12-21(17(3)14-20)23-18(15-22-24(29)27(5-2)25(31)32-22)16-28(26-23)19-9-7-6-8-10-19/h6-12,14-16H,4-5,13H2,1-3H3. The quantitative estimate of drug-likeness (QED) is 0.325. The summed E-state index contributed by atoms with van der Waals surface area (Å²) in [5.41, 5.74) is 4.70. The molecule has 5 nitrogen and oxygen atoms in total. The molecule has 1 amide bonds. The summed E-state index contributed by atoms with van der Waals surface area (Å²) in [5.74, 6) is 0.793. The second-order valence-corrected chi connectivity index (χ2v) is 9.14. The molecular formula is C25H25N3O2S2. The van der Waals surface area contributed by atoms with E-state index in [0.717, 1.165) is 40.2 Å². The van der Waals surface area contributed by atoms with E-state index in [1.165, 1.54) is 11.8 Å². The van der Waals surface area contributed by atoms with Crippen molar-refractivity contribution in [3.63, 3.8) is 0 Å². The molecule has 1 aliphatic rings. The highest BCUT2D eigenvalue weighted by Gasteiger charge is 2.31. The summed E-state index contributed by atoms with van der Waals surface area (Å²) < 4.78 is 8.23. The van der Waals surface area contributed by atoms with Gasteiger partial charge in [0.1, 0.15) is 15.8 Å². The zero-order valence-corrected chi connectivity index (χ0v) is 20.0. The Hall–Kier alpha value is -2.90. The molecule has 0 atom stereocenters. The van der Waals surface area contributed by atoms with Crippen LogP contribution < -0.4 is 4.74 Å². The Labute approximate surface area is 198 Å². The van der Waals surface area contributed by atoms with Crippen LogP contribution in [0.25, 0.3) is 23.0 Å². The normalized spacial score (nSPS) is 15.1. The summed E-state index contributed by atoms with van der Waals surface area (Å²) in [7, 11) is 0. The zero-order valence-electron chi connectivity index (χ0n) is 18.4. The fourth-order valence-electron chi connectivity index (χ4n) is 3.54. The number of rotatable bonds is 7. The molecule has 0 radical (unpaired) electrons. The number of hydrogen-bond donors (Lipinski definition) is 0. The molecule has 1 aliphatic heterocycles. The number of hydrogen-bond acceptors (Lipinski definition) is 5. The smallest absolute Gasteiger partial charge is 0.266 e. The van der Waals surface area contributed by atoms with Crippen LogP contribution in [0, 0.1) is 6.92 Å². The molecule has 4 rings (SSSR count). The van der Waals surface area contributed by atoms with Gasteiger partial charge in [0.25, 0.3) is 5.91 Å². The average Bonchev–Trinajstić information content (AvgIpc) is 3.33. The molecule has 0 spiro atoms. The lowest BCUT2D eigenvalue weighted by Crippen LogP contribution is -2.27. The topological polar surface area (TPSA) is 47.4 Å². The van der Waals surface area contributed by atoms with E-state index in [9.17, 15) is 4.79 Å². The molecule has 0 bridgehead atoms. The van der Waals surface area contributed by atoms with E-state index in [-0.39, 0.29) is 5.91 Å². The van der Waals surface area contributed by atoms with Crippen molar-refractivity contribution in [1.82, 2.24) is 14.7 Å². The molecule has 1 fully saturated rings. The van der Waals surface area contributed by atoms with Gasteiger partial charge in [0, 0.05) is 23.9 Å². The van der Waals surface area contributed by atoms with Gasteiger partial charge < -0.3 is 4.74 Å². The van der Waals surface area contributed by atoms with Gasteiger partial charge in [-0.05, 0) is 62.2 Å². The number of thiocarbonyl (C=S) groups is 1. The van der Waals surface area contributed by atoms with Crippen molar-refractivity contribution in [2.75, 3.05) is 13.2 Å². The lowest BCUT2D eigenvalue weighted by molar-refractivity contribution is -0.121. The van der Waals surface area contributed by atoms with Crippen LogP contribution in [-0.4, -0.2) is 38.1 Å². The SMILES string of the molecule is CCCOc1ccc(-c2nn(-c3ccccc3)cc2C=C2SC(=S)N(CC)C2=O)c(C)c1. The van der Waals surface area contributed by atoms with E-state index in [4.69, 9.17) is 22.1 Å². The maximum atomic E-state index is 12.8. The number of benzene rings is 2. The molecule has 0 aliphatic carbocycles. The summed E-state index contributed by atoms with van der Waals surface area (Å²) >= 11 is 6.72. The number of likely N-dealkylation sites (N-methyl/N-ethyl adjacent to an activating group) is 1. The molecule has 7 heteroatoms. The molecular weight excluding hydrogens is 438 g/mol. The number of aromatic nitrogens is 2. The van der Waals surface area contributed by atoms with E-state index in [1.54, 1.807) is 4.90 Å². The zero-order chi connectivity index (χ0) is 22.7. The van der Waals surface area contributed by atoms with E-state index < -0.39 is 0 Å². The molecule has 164 valence electrons. The van der Waals surface area contributed by atoms with Crippen molar-refractivity contribution in [3.05, 3.63) is 70.8 Å². The van der Waals surface area contributed by atoms with Gasteiger partial charge in [-0.2, -0.15) is 5.10 Å². The molecule has 1 saturated heterocycles. The summed E-state index contributed by atoms with van der Waals surface area (Å²) in [5, 5.41) is 4.89. The highest BCUT2D eigenvalue weighted by molar-refractivity contribution is 8.26. The lowest BCUT2D eigenvalue weighted by atomic mass is 10.0. The number of amides is 1. The third-order valence-corrected chi connectivity index (χ3v) is 6.54. The van der Waals surface area contributed by atoms with Crippen LogP contribution in [0.2, 0.25) is 0 Å². The summed E-state index contributed by atoms with van der Waals surface area (Å²) in [6, 6.07) is 16.0. The van der Waals surface area contributed by atoms with Crippen LogP contribution in [0.15, 0.2) is 59.6 Å². The van der Waals surface area contributed by atoms with Gasteiger partial charge >= 0.3 is 0 Å². The van der Waals surface area contributed by atoms with Gasteiger partial charge in [-0.15, -0.1) is 0 Å². The van der Waals surface area contributed by atoms with E-state index in [2.05, 4.69) is 13.8 Å². The Balaban J connectivity index is 1.80.